The SMILES string of the molecule is COc1ccc(CCNC(=O)c2cc(CN(Cc3ccncc3)C(=O)C3CCCCC3)on2)cc1. The van der Waals surface area contributed by atoms with Crippen LogP contribution in [0.15, 0.2) is 59.4 Å². The van der Waals surface area contributed by atoms with Crippen molar-refractivity contribution in [3.8, 4) is 5.75 Å². The van der Waals surface area contributed by atoms with Gasteiger partial charge in [-0.25, -0.2) is 0 Å². The maximum absolute atomic E-state index is 13.3. The van der Waals surface area contributed by atoms with E-state index in [1.807, 2.05) is 36.4 Å². The van der Waals surface area contributed by atoms with Crippen molar-refractivity contribution >= 4 is 11.8 Å². The first-order chi connectivity index (χ1) is 17.1. The number of nitrogens with one attached hydrogen (secondary N) is 1. The first-order valence-corrected chi connectivity index (χ1v) is 12.2. The summed E-state index contributed by atoms with van der Waals surface area (Å²) < 4.78 is 10.6. The van der Waals surface area contributed by atoms with Crippen molar-refractivity contribution in [3.05, 3.63) is 77.4 Å². The van der Waals surface area contributed by atoms with E-state index < -0.39 is 0 Å². The number of rotatable bonds is 10. The number of carbonyl (C=O) groups excluding carboxylic acids is 2. The van der Waals surface area contributed by atoms with Gasteiger partial charge < -0.3 is 19.5 Å². The lowest BCUT2D eigenvalue weighted by Gasteiger charge is -2.28. The van der Waals surface area contributed by atoms with Gasteiger partial charge in [0.2, 0.25) is 5.91 Å². The molecule has 0 bridgehead atoms. The zero-order chi connectivity index (χ0) is 24.5. The molecule has 1 aliphatic carbocycles. The molecule has 1 N–H and O–H groups in total. The van der Waals surface area contributed by atoms with Gasteiger partial charge in [-0.1, -0.05) is 36.6 Å². The standard InChI is InChI=1S/C27H32N4O4/c1-34-23-9-7-20(8-10-23)13-16-29-26(32)25-17-24(35-30-25)19-31(18-21-11-14-28-15-12-21)27(33)22-5-3-2-4-6-22/h7-12,14-15,17,22H,2-6,13,16,18-19H2,1H3,(H,29,32). The lowest BCUT2D eigenvalue weighted by atomic mass is 9.88. The number of ether oxygens (including phenoxy) is 1. The van der Waals surface area contributed by atoms with E-state index in [1.165, 1.54) is 6.42 Å². The number of amides is 2. The molecule has 1 aromatic carbocycles. The molecule has 0 saturated heterocycles. The van der Waals surface area contributed by atoms with Crippen LogP contribution < -0.4 is 10.1 Å². The van der Waals surface area contributed by atoms with Crippen LogP contribution in [0.3, 0.4) is 0 Å². The van der Waals surface area contributed by atoms with Crippen molar-refractivity contribution < 1.29 is 18.8 Å². The molecule has 2 amide bonds. The summed E-state index contributed by atoms with van der Waals surface area (Å²) in [6, 6.07) is 13.2. The summed E-state index contributed by atoms with van der Waals surface area (Å²) >= 11 is 0. The van der Waals surface area contributed by atoms with Crippen molar-refractivity contribution in [3.63, 3.8) is 0 Å². The highest BCUT2D eigenvalue weighted by molar-refractivity contribution is 5.92. The number of methoxy groups -OCH3 is 1. The van der Waals surface area contributed by atoms with E-state index in [0.717, 1.165) is 42.6 Å². The molecule has 1 aliphatic rings. The van der Waals surface area contributed by atoms with Crippen LogP contribution in [0.5, 0.6) is 5.75 Å². The van der Waals surface area contributed by atoms with Gasteiger partial charge in [0.05, 0.1) is 13.7 Å². The molecular weight excluding hydrogens is 444 g/mol. The monoisotopic (exact) mass is 476 g/mol. The fraction of sp³-hybridized carbons (Fsp3) is 0.407. The van der Waals surface area contributed by atoms with E-state index in [4.69, 9.17) is 9.26 Å². The second kappa shape index (κ2) is 12.1. The van der Waals surface area contributed by atoms with Crippen molar-refractivity contribution in [2.75, 3.05) is 13.7 Å². The summed E-state index contributed by atoms with van der Waals surface area (Å²) in [6.45, 7) is 1.20. The number of hydrogen-bond donors (Lipinski definition) is 1. The number of carbonyl (C=O) groups is 2. The minimum atomic E-state index is -0.298. The molecular formula is C27H32N4O4. The second-order valence-corrected chi connectivity index (χ2v) is 8.92. The highest BCUT2D eigenvalue weighted by Gasteiger charge is 2.27. The van der Waals surface area contributed by atoms with E-state index in [2.05, 4.69) is 15.5 Å². The van der Waals surface area contributed by atoms with Gasteiger partial charge in [-0.15, -0.1) is 0 Å². The molecule has 8 nitrogen and oxygen atoms in total. The summed E-state index contributed by atoms with van der Waals surface area (Å²) in [5.41, 5.74) is 2.31. The lowest BCUT2D eigenvalue weighted by molar-refractivity contribution is -0.138. The van der Waals surface area contributed by atoms with Gasteiger partial charge in [0.15, 0.2) is 11.5 Å². The Hall–Kier alpha value is -3.68. The van der Waals surface area contributed by atoms with Crippen LogP contribution in [0.25, 0.3) is 0 Å². The molecule has 184 valence electrons. The largest absolute Gasteiger partial charge is 0.497 e. The third-order valence-corrected chi connectivity index (χ3v) is 6.39. The topological polar surface area (TPSA) is 97.6 Å². The van der Waals surface area contributed by atoms with Crippen LogP contribution in [0.2, 0.25) is 0 Å². The highest BCUT2D eigenvalue weighted by atomic mass is 16.5. The molecule has 0 atom stereocenters. The van der Waals surface area contributed by atoms with Crippen molar-refractivity contribution in [2.24, 2.45) is 5.92 Å². The molecule has 0 radical (unpaired) electrons. The van der Waals surface area contributed by atoms with Gasteiger partial charge in [0, 0.05) is 37.5 Å². The minimum absolute atomic E-state index is 0.0363. The average Bonchev–Trinajstić information content (AvgIpc) is 3.38. The quantitative estimate of drug-likeness (QED) is 0.472. The van der Waals surface area contributed by atoms with E-state index in [1.54, 1.807) is 30.5 Å². The Morgan fingerprint density at radius 3 is 2.49 bits per heavy atom. The van der Waals surface area contributed by atoms with E-state index in [9.17, 15) is 9.59 Å². The van der Waals surface area contributed by atoms with E-state index in [0.29, 0.717) is 25.3 Å². The van der Waals surface area contributed by atoms with Gasteiger partial charge in [-0.05, 0) is 54.7 Å². The molecule has 1 fully saturated rings. The van der Waals surface area contributed by atoms with Crippen LogP contribution in [-0.4, -0.2) is 40.5 Å². The second-order valence-electron chi connectivity index (χ2n) is 8.92. The first kappa shape index (κ1) is 24.4. The maximum atomic E-state index is 13.3. The molecule has 0 spiro atoms. The molecule has 2 heterocycles. The van der Waals surface area contributed by atoms with Crippen molar-refractivity contribution in [1.82, 2.24) is 20.4 Å². The molecule has 35 heavy (non-hydrogen) atoms. The normalized spacial score (nSPS) is 13.9. The fourth-order valence-corrected chi connectivity index (χ4v) is 4.41. The number of aromatic nitrogens is 2. The van der Waals surface area contributed by atoms with Gasteiger partial charge >= 0.3 is 0 Å². The molecule has 2 aromatic heterocycles. The maximum Gasteiger partial charge on any atom is 0.273 e. The molecule has 0 aliphatic heterocycles. The molecule has 4 rings (SSSR count). The van der Waals surface area contributed by atoms with Gasteiger partial charge in [-0.2, -0.15) is 0 Å². The first-order valence-electron chi connectivity index (χ1n) is 12.2. The molecule has 0 unspecified atom stereocenters. The summed E-state index contributed by atoms with van der Waals surface area (Å²) in [5, 5.41) is 6.82. The Bertz CT molecular complexity index is 1090. The number of benzene rings is 1. The average molecular weight is 477 g/mol. The Kier molecular flexibility index (Phi) is 8.48. The zero-order valence-corrected chi connectivity index (χ0v) is 20.1. The van der Waals surface area contributed by atoms with Gasteiger partial charge in [-0.3, -0.25) is 14.6 Å². The Labute approximate surface area is 205 Å². The summed E-state index contributed by atoms with van der Waals surface area (Å²) in [4.78, 5) is 31.8. The Morgan fingerprint density at radius 2 is 1.77 bits per heavy atom. The van der Waals surface area contributed by atoms with E-state index in [-0.39, 0.29) is 30.0 Å². The van der Waals surface area contributed by atoms with Crippen molar-refractivity contribution in [2.45, 2.75) is 51.6 Å². The van der Waals surface area contributed by atoms with Crippen LogP contribution in [0.1, 0.15) is 59.5 Å². The number of pyridine rings is 1. The van der Waals surface area contributed by atoms with Gasteiger partial charge in [0.25, 0.3) is 5.91 Å². The Balaban J connectivity index is 1.36. The third kappa shape index (κ3) is 6.91. The smallest absolute Gasteiger partial charge is 0.273 e. The summed E-state index contributed by atoms with van der Waals surface area (Å²) in [6.07, 6.45) is 9.34. The predicted molar refractivity (Wildman–Crippen MR) is 131 cm³/mol. The lowest BCUT2D eigenvalue weighted by Crippen LogP contribution is -2.36. The molecule has 3 aromatic rings. The van der Waals surface area contributed by atoms with Crippen molar-refractivity contribution in [1.29, 1.82) is 0 Å². The number of hydrogen-bond acceptors (Lipinski definition) is 6. The highest BCUT2D eigenvalue weighted by Crippen LogP contribution is 2.27. The van der Waals surface area contributed by atoms with Crippen LogP contribution in [-0.2, 0) is 24.3 Å². The summed E-state index contributed by atoms with van der Waals surface area (Å²) in [5.74, 6) is 1.15. The van der Waals surface area contributed by atoms with Crippen LogP contribution in [0, 0.1) is 5.92 Å². The zero-order valence-electron chi connectivity index (χ0n) is 20.1. The van der Waals surface area contributed by atoms with E-state index >= 15 is 0 Å². The Morgan fingerprint density at radius 1 is 1.03 bits per heavy atom. The fourth-order valence-electron chi connectivity index (χ4n) is 4.41. The molecule has 1 saturated carbocycles. The van der Waals surface area contributed by atoms with Crippen LogP contribution in [0.4, 0.5) is 0 Å². The van der Waals surface area contributed by atoms with Crippen LogP contribution >= 0.6 is 0 Å². The minimum Gasteiger partial charge on any atom is -0.497 e. The predicted octanol–water partition coefficient (Wildman–Crippen LogP) is 4.16. The molecule has 8 heteroatoms. The number of nitrogens with zero attached hydrogens (tertiary/aromatic N) is 3. The summed E-state index contributed by atoms with van der Waals surface area (Å²) in [7, 11) is 1.63. The third-order valence-electron chi connectivity index (χ3n) is 6.39. The van der Waals surface area contributed by atoms with Gasteiger partial charge in [0.1, 0.15) is 5.75 Å².